The second-order valence-electron chi connectivity index (χ2n) is 5.33. The Morgan fingerprint density at radius 2 is 1.86 bits per heavy atom. The molecule has 2 rings (SSSR count). The van der Waals surface area contributed by atoms with Crippen LogP contribution >= 0.6 is 0 Å². The number of hydrogen-bond acceptors (Lipinski definition) is 3. The van der Waals surface area contributed by atoms with E-state index in [9.17, 15) is 9.90 Å². The molecule has 1 unspecified atom stereocenters. The Hall–Kier alpha value is -2.33. The van der Waals surface area contributed by atoms with E-state index in [1.807, 2.05) is 38.1 Å². The number of ether oxygens (including phenoxy) is 1. The van der Waals surface area contributed by atoms with Crippen LogP contribution in [0.2, 0.25) is 0 Å². The predicted molar refractivity (Wildman–Crippen MR) is 85.9 cm³/mol. The molecule has 2 aromatic carbocycles. The molecule has 0 aliphatic rings. The standard InChI is InChI=1S/C18H21NO3/c1-13(2)22-16-10-6-9-15(11-16)17(20)12-19-18(21)14-7-4-3-5-8-14/h3-11,13,17,20H,12H2,1-2H3,(H,19,21). The molecule has 0 bridgehead atoms. The minimum absolute atomic E-state index is 0.0742. The van der Waals surface area contributed by atoms with E-state index >= 15 is 0 Å². The molecule has 0 aliphatic heterocycles. The van der Waals surface area contributed by atoms with E-state index in [4.69, 9.17) is 4.74 Å². The van der Waals surface area contributed by atoms with Gasteiger partial charge >= 0.3 is 0 Å². The molecule has 0 spiro atoms. The van der Waals surface area contributed by atoms with E-state index < -0.39 is 6.10 Å². The third-order valence-corrected chi connectivity index (χ3v) is 3.11. The van der Waals surface area contributed by atoms with Gasteiger partial charge in [0.25, 0.3) is 5.91 Å². The molecular formula is C18H21NO3. The summed E-state index contributed by atoms with van der Waals surface area (Å²) in [6.45, 7) is 4.05. The van der Waals surface area contributed by atoms with Gasteiger partial charge in [0.15, 0.2) is 0 Å². The summed E-state index contributed by atoms with van der Waals surface area (Å²) in [5, 5.41) is 12.9. The Morgan fingerprint density at radius 1 is 1.14 bits per heavy atom. The summed E-state index contributed by atoms with van der Waals surface area (Å²) in [7, 11) is 0. The fourth-order valence-electron chi connectivity index (χ4n) is 2.07. The van der Waals surface area contributed by atoms with Crippen molar-refractivity contribution in [3.8, 4) is 5.75 Å². The van der Waals surface area contributed by atoms with E-state index in [0.29, 0.717) is 16.9 Å². The summed E-state index contributed by atoms with van der Waals surface area (Å²) in [5.41, 5.74) is 1.29. The lowest BCUT2D eigenvalue weighted by Crippen LogP contribution is -2.28. The first-order chi connectivity index (χ1) is 10.6. The monoisotopic (exact) mass is 299 g/mol. The van der Waals surface area contributed by atoms with Crippen LogP contribution in [0.3, 0.4) is 0 Å². The summed E-state index contributed by atoms with van der Waals surface area (Å²) >= 11 is 0. The van der Waals surface area contributed by atoms with Crippen molar-refractivity contribution in [3.63, 3.8) is 0 Å². The maximum Gasteiger partial charge on any atom is 0.251 e. The lowest BCUT2D eigenvalue weighted by Gasteiger charge is -2.15. The zero-order valence-corrected chi connectivity index (χ0v) is 12.8. The second kappa shape index (κ2) is 7.61. The van der Waals surface area contributed by atoms with Crippen LogP contribution in [0.5, 0.6) is 5.75 Å². The highest BCUT2D eigenvalue weighted by atomic mass is 16.5. The second-order valence-corrected chi connectivity index (χ2v) is 5.33. The predicted octanol–water partition coefficient (Wildman–Crippen LogP) is 2.94. The first-order valence-corrected chi connectivity index (χ1v) is 7.34. The van der Waals surface area contributed by atoms with Crippen molar-refractivity contribution in [2.24, 2.45) is 0 Å². The van der Waals surface area contributed by atoms with E-state index in [1.165, 1.54) is 0 Å². The van der Waals surface area contributed by atoms with Crippen molar-refractivity contribution in [1.29, 1.82) is 0 Å². The van der Waals surface area contributed by atoms with Crippen LogP contribution in [-0.2, 0) is 0 Å². The number of carbonyl (C=O) groups is 1. The van der Waals surface area contributed by atoms with Crippen molar-refractivity contribution >= 4 is 5.91 Å². The molecule has 0 radical (unpaired) electrons. The summed E-state index contributed by atoms with van der Waals surface area (Å²) in [6.07, 6.45) is -0.700. The van der Waals surface area contributed by atoms with E-state index in [-0.39, 0.29) is 18.6 Å². The maximum absolute atomic E-state index is 11.9. The van der Waals surface area contributed by atoms with Crippen LogP contribution in [0.4, 0.5) is 0 Å². The minimum atomic E-state index is -0.775. The van der Waals surface area contributed by atoms with Gasteiger partial charge in [-0.05, 0) is 43.7 Å². The normalized spacial score (nSPS) is 12.0. The number of benzene rings is 2. The topological polar surface area (TPSA) is 58.6 Å². The van der Waals surface area contributed by atoms with Gasteiger partial charge in [-0.3, -0.25) is 4.79 Å². The maximum atomic E-state index is 11.9. The summed E-state index contributed by atoms with van der Waals surface area (Å²) < 4.78 is 5.60. The van der Waals surface area contributed by atoms with Crippen molar-refractivity contribution in [1.82, 2.24) is 5.32 Å². The highest BCUT2D eigenvalue weighted by Crippen LogP contribution is 2.20. The molecule has 116 valence electrons. The van der Waals surface area contributed by atoms with Gasteiger partial charge in [-0.15, -0.1) is 0 Å². The van der Waals surface area contributed by atoms with Crippen LogP contribution in [-0.4, -0.2) is 23.7 Å². The van der Waals surface area contributed by atoms with E-state index in [1.54, 1.807) is 30.3 Å². The van der Waals surface area contributed by atoms with E-state index in [2.05, 4.69) is 5.32 Å². The number of nitrogens with one attached hydrogen (secondary N) is 1. The molecule has 4 heteroatoms. The quantitative estimate of drug-likeness (QED) is 0.862. The van der Waals surface area contributed by atoms with Crippen LogP contribution in [0.1, 0.15) is 35.9 Å². The highest BCUT2D eigenvalue weighted by molar-refractivity contribution is 5.94. The molecule has 0 aromatic heterocycles. The summed E-state index contributed by atoms with van der Waals surface area (Å²) in [5.74, 6) is 0.509. The van der Waals surface area contributed by atoms with E-state index in [0.717, 1.165) is 0 Å². The molecule has 0 heterocycles. The smallest absolute Gasteiger partial charge is 0.251 e. The molecule has 22 heavy (non-hydrogen) atoms. The van der Waals surface area contributed by atoms with Gasteiger partial charge in [0, 0.05) is 12.1 Å². The van der Waals surface area contributed by atoms with Gasteiger partial charge in [0.05, 0.1) is 12.2 Å². The lowest BCUT2D eigenvalue weighted by atomic mass is 10.1. The highest BCUT2D eigenvalue weighted by Gasteiger charge is 2.11. The Labute approximate surface area is 130 Å². The number of hydrogen-bond donors (Lipinski definition) is 2. The van der Waals surface area contributed by atoms with Gasteiger partial charge in [-0.2, -0.15) is 0 Å². The molecule has 0 saturated carbocycles. The molecule has 1 amide bonds. The Bertz CT molecular complexity index is 611. The molecule has 4 nitrogen and oxygen atoms in total. The van der Waals surface area contributed by atoms with Crippen LogP contribution in [0.25, 0.3) is 0 Å². The number of aliphatic hydroxyl groups excluding tert-OH is 1. The molecule has 2 aromatic rings. The number of aliphatic hydroxyl groups is 1. The molecule has 2 N–H and O–H groups in total. The van der Waals surface area contributed by atoms with Crippen LogP contribution in [0, 0.1) is 0 Å². The summed E-state index contributed by atoms with van der Waals surface area (Å²) in [4.78, 5) is 11.9. The van der Waals surface area contributed by atoms with Crippen LogP contribution in [0.15, 0.2) is 54.6 Å². The lowest BCUT2D eigenvalue weighted by molar-refractivity contribution is 0.0916. The van der Waals surface area contributed by atoms with Crippen LogP contribution < -0.4 is 10.1 Å². The van der Waals surface area contributed by atoms with Gasteiger partial charge in [0.2, 0.25) is 0 Å². The van der Waals surface area contributed by atoms with Crippen molar-refractivity contribution in [2.45, 2.75) is 26.1 Å². The van der Waals surface area contributed by atoms with Gasteiger partial charge in [0.1, 0.15) is 5.75 Å². The van der Waals surface area contributed by atoms with Gasteiger partial charge < -0.3 is 15.2 Å². The van der Waals surface area contributed by atoms with Crippen molar-refractivity contribution < 1.29 is 14.6 Å². The first-order valence-electron chi connectivity index (χ1n) is 7.34. The Morgan fingerprint density at radius 3 is 2.55 bits per heavy atom. The molecule has 0 fully saturated rings. The number of amides is 1. The molecule has 1 atom stereocenters. The Kier molecular flexibility index (Phi) is 5.55. The van der Waals surface area contributed by atoms with Gasteiger partial charge in [-0.1, -0.05) is 30.3 Å². The molecule has 0 aliphatic carbocycles. The zero-order valence-electron chi connectivity index (χ0n) is 12.8. The molecule has 0 saturated heterocycles. The number of rotatable bonds is 6. The van der Waals surface area contributed by atoms with Crippen molar-refractivity contribution in [3.05, 3.63) is 65.7 Å². The fraction of sp³-hybridized carbons (Fsp3) is 0.278. The minimum Gasteiger partial charge on any atom is -0.491 e. The third kappa shape index (κ3) is 4.60. The average molecular weight is 299 g/mol. The zero-order chi connectivity index (χ0) is 15.9. The first kappa shape index (κ1) is 16.0. The van der Waals surface area contributed by atoms with Gasteiger partial charge in [-0.25, -0.2) is 0 Å². The summed E-state index contributed by atoms with van der Waals surface area (Å²) in [6, 6.07) is 16.2. The molecular weight excluding hydrogens is 278 g/mol. The fourth-order valence-corrected chi connectivity index (χ4v) is 2.07. The third-order valence-electron chi connectivity index (χ3n) is 3.11. The SMILES string of the molecule is CC(C)Oc1cccc(C(O)CNC(=O)c2ccccc2)c1. The largest absolute Gasteiger partial charge is 0.491 e. The Balaban J connectivity index is 1.94. The van der Waals surface area contributed by atoms with Crippen molar-refractivity contribution in [2.75, 3.05) is 6.54 Å². The average Bonchev–Trinajstić information content (AvgIpc) is 2.52. The number of carbonyl (C=O) groups excluding carboxylic acids is 1.